The number of nitrogens with zero attached hydrogens (tertiary/aromatic N) is 10. The van der Waals surface area contributed by atoms with Crippen LogP contribution in [-0.4, -0.2) is 47.3 Å². The normalized spacial score (nSPS) is 12.1. The van der Waals surface area contributed by atoms with Gasteiger partial charge in [-0.3, -0.25) is 13.7 Å². The molecule has 0 aliphatic heterocycles. The fraction of sp³-hybridized carbons (Fsp3) is 0. The van der Waals surface area contributed by atoms with E-state index in [1.54, 1.807) is 0 Å². The molecule has 0 bridgehead atoms. The Bertz CT molecular complexity index is 10500. The summed E-state index contributed by atoms with van der Waals surface area (Å²) in [7, 11) is 0. The molecule has 31 aromatic rings. The third kappa shape index (κ3) is 11.1. The molecule has 0 saturated heterocycles. The molecule has 0 saturated carbocycles. The molecule has 0 N–H and O–H groups in total. The number of pyridine rings is 2. The van der Waals surface area contributed by atoms with Gasteiger partial charge >= 0.3 is 0 Å². The van der Waals surface area contributed by atoms with E-state index in [9.17, 15) is 0 Å². The number of para-hydroxylation sites is 11. The van der Waals surface area contributed by atoms with E-state index in [4.69, 9.17) is 33.2 Å². The number of benzene rings is 19. The van der Waals surface area contributed by atoms with Gasteiger partial charge in [-0.2, -0.15) is 0 Å². The van der Waals surface area contributed by atoms with Crippen LogP contribution in [-0.2, 0) is 0 Å². The van der Waals surface area contributed by atoms with Crippen molar-refractivity contribution in [3.63, 3.8) is 0 Å². The molecule has 0 spiro atoms. The molecule has 0 fully saturated rings. The Labute approximate surface area is 767 Å². The summed E-state index contributed by atoms with van der Waals surface area (Å²) in [5, 5.41) is 25.9. The molecule has 628 valence electrons. The van der Waals surface area contributed by atoms with E-state index >= 15 is 0 Å². The minimum absolute atomic E-state index is 0.655. The van der Waals surface area contributed by atoms with Crippen molar-refractivity contribution in [2.24, 2.45) is 0 Å². The van der Waals surface area contributed by atoms with Crippen molar-refractivity contribution < 1.29 is 13.3 Å². The highest BCUT2D eigenvalue weighted by molar-refractivity contribution is 6.32. The van der Waals surface area contributed by atoms with Crippen molar-refractivity contribution in [2.75, 3.05) is 0 Å². The lowest BCUT2D eigenvalue weighted by molar-refractivity contribution is 0.668. The summed E-state index contributed by atoms with van der Waals surface area (Å²) in [6.07, 6.45) is 1.91. The predicted molar refractivity (Wildman–Crippen MR) is 556 cm³/mol. The maximum atomic E-state index is 6.34. The molecule has 0 unspecified atom stereocenters. The van der Waals surface area contributed by atoms with Crippen LogP contribution in [0.2, 0.25) is 0 Å². The van der Waals surface area contributed by atoms with Crippen LogP contribution in [0.25, 0.3) is 275 Å². The number of rotatable bonds is 7. The molecule has 31 rings (SSSR count). The smallest absolute Gasteiger partial charge is 0.235 e. The largest absolute Gasteiger partial charge is 0.456 e. The van der Waals surface area contributed by atoms with E-state index < -0.39 is 0 Å². The Morgan fingerprint density at radius 1 is 0.185 bits per heavy atom. The highest BCUT2D eigenvalue weighted by Crippen LogP contribution is 2.49. The zero-order valence-electron chi connectivity index (χ0n) is 72.3. The zero-order chi connectivity index (χ0) is 88.2. The molecule has 0 atom stereocenters. The Morgan fingerprint density at radius 2 is 0.511 bits per heavy atom. The molecule has 19 aromatic carbocycles. The van der Waals surface area contributed by atoms with Gasteiger partial charge in [0.05, 0.1) is 82.9 Å². The van der Waals surface area contributed by atoms with Gasteiger partial charge in [-0.15, -0.1) is 0 Å². The first-order valence-electron chi connectivity index (χ1n) is 45.6. The lowest BCUT2D eigenvalue weighted by Gasteiger charge is -2.12. The average molecular weight is 1730 g/mol. The molecule has 0 radical (unpaired) electrons. The summed E-state index contributed by atoms with van der Waals surface area (Å²) in [5.41, 5.74) is 26.2. The first-order valence-corrected chi connectivity index (χ1v) is 45.6. The maximum absolute atomic E-state index is 6.34. The summed E-state index contributed by atoms with van der Waals surface area (Å²) >= 11 is 0. The first kappa shape index (κ1) is 74.5. The number of aromatic nitrogens is 10. The van der Waals surface area contributed by atoms with Crippen LogP contribution in [0, 0.1) is 0 Å². The minimum atomic E-state index is 0.655. The van der Waals surface area contributed by atoms with E-state index in [2.05, 4.69) is 404 Å². The highest BCUT2D eigenvalue weighted by Gasteiger charge is 2.28. The van der Waals surface area contributed by atoms with Crippen molar-refractivity contribution in [1.29, 1.82) is 0 Å². The van der Waals surface area contributed by atoms with Gasteiger partial charge in [0, 0.05) is 160 Å². The van der Waals surface area contributed by atoms with E-state index in [1.807, 2.05) is 60.8 Å². The summed E-state index contributed by atoms with van der Waals surface area (Å²) < 4.78 is 32.9. The maximum Gasteiger partial charge on any atom is 0.235 e. The average Bonchev–Trinajstić information content (AvgIpc) is 1.55. The molecule has 12 aromatic heterocycles. The van der Waals surface area contributed by atoms with Crippen LogP contribution in [0.3, 0.4) is 0 Å². The van der Waals surface area contributed by atoms with E-state index in [0.29, 0.717) is 5.95 Å². The lowest BCUT2D eigenvalue weighted by atomic mass is 10.1. The van der Waals surface area contributed by atoms with E-state index in [0.717, 1.165) is 188 Å². The van der Waals surface area contributed by atoms with Crippen LogP contribution < -0.4 is 0 Å². The van der Waals surface area contributed by atoms with E-state index in [1.165, 1.54) is 81.2 Å². The lowest BCUT2D eigenvalue weighted by Crippen LogP contribution is -2.03. The number of furan rings is 3. The molecule has 0 aliphatic carbocycles. The van der Waals surface area contributed by atoms with Crippen LogP contribution in [0.15, 0.2) is 450 Å². The molecule has 12 heterocycles. The SMILES string of the molecule is c1ccc(-c2nc(-n3c4ccccc4c4c5c6ccccc6n(-c6ccc7c(c6)oc6ccccc67)c5ccc43)nc3ccccc23)cc1.c1ccc2c(-n3c4ccccc4c4c5c6ccccc6n(-c6ccc7c(c6)oc6ccccc67)c5ccc43)nccc2c1.c1ccc2nc(-n3c4ccccc4c4c5c6ccccc6n(-c6ccc7c(c6)oc6ccccc67)c5ccc43)ccc2c1. The number of hydrogen-bond acceptors (Lipinski definition) is 7. The second-order valence-corrected chi connectivity index (χ2v) is 35.0. The molecular weight excluding hydrogens is 1650 g/mol. The molecule has 13 heteroatoms. The molecular formula is C122H72N10O3. The second kappa shape index (κ2) is 29.0. The van der Waals surface area contributed by atoms with Crippen molar-refractivity contribution >= 4 is 229 Å². The summed E-state index contributed by atoms with van der Waals surface area (Å²) in [5.74, 6) is 2.52. The summed E-state index contributed by atoms with van der Waals surface area (Å²) in [4.78, 5) is 20.5. The summed E-state index contributed by atoms with van der Waals surface area (Å²) in [6, 6.07) is 152. The molecule has 0 aliphatic rings. The molecule has 0 amide bonds. The number of fused-ring (bicyclic) bond motifs is 33. The summed E-state index contributed by atoms with van der Waals surface area (Å²) in [6.45, 7) is 0. The standard InChI is InChI=1S/C44H26N4O.2C39H23N3O/c1-2-12-27(13-3-1)43-31-15-4-8-18-34(31)45-44(46-43)48-36-20-10-6-17-33(36)42-38(48)25-24-37-41(42)32-16-5-9-19-35(32)47(37)28-22-23-30-29-14-7-11-21-39(29)49-40(30)26-28;1-5-13-30-24(9-1)17-22-37(40-30)42-32-15-7-3-12-29(32)39-34(42)21-20-33-38(39)28-11-2-6-14-31(28)41(33)25-18-19-27-26-10-4-8-16-35(26)43-36(27)23-25;1-2-10-26-24(9-1)21-22-40-39(26)42-32-15-7-4-13-30(32)38-34(42)20-19-33-37(38)29-12-3-6-14-31(29)41(33)25-17-18-28-27-11-5-8-16-35(27)43-36(28)23-25/h1-26H;2*1-23H. The van der Waals surface area contributed by atoms with Crippen LogP contribution in [0.4, 0.5) is 0 Å². The van der Waals surface area contributed by atoms with Crippen LogP contribution >= 0.6 is 0 Å². The highest BCUT2D eigenvalue weighted by atomic mass is 16.3. The fourth-order valence-electron chi connectivity index (χ4n) is 22.1. The Balaban J connectivity index is 0.0000000987. The minimum Gasteiger partial charge on any atom is -0.456 e. The number of hydrogen-bond donors (Lipinski definition) is 0. The van der Waals surface area contributed by atoms with Gasteiger partial charge in [-0.25, -0.2) is 19.9 Å². The van der Waals surface area contributed by atoms with Crippen molar-refractivity contribution in [3.8, 4) is 45.9 Å². The van der Waals surface area contributed by atoms with Gasteiger partial charge in [0.25, 0.3) is 0 Å². The van der Waals surface area contributed by atoms with Crippen LogP contribution in [0.1, 0.15) is 0 Å². The van der Waals surface area contributed by atoms with Gasteiger partial charge in [-0.05, 0) is 163 Å². The Morgan fingerprint density at radius 3 is 0.963 bits per heavy atom. The van der Waals surface area contributed by atoms with Crippen LogP contribution in [0.5, 0.6) is 0 Å². The fourth-order valence-corrected chi connectivity index (χ4v) is 22.1. The molecule has 135 heavy (non-hydrogen) atoms. The van der Waals surface area contributed by atoms with Crippen molar-refractivity contribution in [2.45, 2.75) is 0 Å². The Kier molecular flexibility index (Phi) is 16.0. The van der Waals surface area contributed by atoms with Gasteiger partial charge in [0.2, 0.25) is 5.95 Å². The quantitative estimate of drug-likeness (QED) is 0.156. The monoisotopic (exact) mass is 1720 g/mol. The van der Waals surface area contributed by atoms with Gasteiger partial charge in [-0.1, -0.05) is 255 Å². The molecule has 13 nitrogen and oxygen atoms in total. The first-order chi connectivity index (χ1) is 67.0. The van der Waals surface area contributed by atoms with Crippen molar-refractivity contribution in [3.05, 3.63) is 437 Å². The van der Waals surface area contributed by atoms with Gasteiger partial charge in [0.15, 0.2) is 0 Å². The van der Waals surface area contributed by atoms with E-state index in [-0.39, 0.29) is 0 Å². The topological polar surface area (TPSA) is 121 Å². The van der Waals surface area contributed by atoms with Gasteiger partial charge < -0.3 is 27.0 Å². The zero-order valence-corrected chi connectivity index (χ0v) is 72.3. The van der Waals surface area contributed by atoms with Gasteiger partial charge in [0.1, 0.15) is 45.1 Å². The van der Waals surface area contributed by atoms with Crippen molar-refractivity contribution in [1.82, 2.24) is 47.3 Å². The second-order valence-electron chi connectivity index (χ2n) is 35.0. The predicted octanol–water partition coefficient (Wildman–Crippen LogP) is 32.0. The third-order valence-electron chi connectivity index (χ3n) is 27.8. The third-order valence-corrected chi connectivity index (χ3v) is 27.8. The Hall–Kier alpha value is -18.5.